The van der Waals surface area contributed by atoms with E-state index in [2.05, 4.69) is 4.99 Å². The van der Waals surface area contributed by atoms with Crippen LogP contribution in [0.1, 0.15) is 88.0 Å². The average molecular weight is 626 g/mol. The number of thiazole rings is 1. The van der Waals surface area contributed by atoms with Crippen molar-refractivity contribution in [3.05, 3.63) is 45.2 Å². The maximum Gasteiger partial charge on any atom is 0.416 e. The van der Waals surface area contributed by atoms with Crippen LogP contribution < -0.4 is 9.54 Å². The Morgan fingerprint density at radius 2 is 1.84 bits per heavy atom. The third-order valence-electron chi connectivity index (χ3n) is 7.96. The topological polar surface area (TPSA) is 93.4 Å². The molecule has 238 valence electrons. The molecule has 8 nitrogen and oxygen atoms in total. The molecule has 2 saturated heterocycles. The Morgan fingerprint density at radius 3 is 2.42 bits per heavy atom. The quantitative estimate of drug-likeness (QED) is 0.374. The summed E-state index contributed by atoms with van der Waals surface area (Å²) >= 11 is 1.33. The van der Waals surface area contributed by atoms with E-state index in [0.717, 1.165) is 35.9 Å². The van der Waals surface area contributed by atoms with E-state index in [0.29, 0.717) is 37.3 Å². The summed E-state index contributed by atoms with van der Waals surface area (Å²) in [5, 5.41) is 9.82. The Bertz CT molecular complexity index is 1380. The molecule has 0 saturated carbocycles. The predicted molar refractivity (Wildman–Crippen MR) is 158 cm³/mol. The highest BCUT2D eigenvalue weighted by atomic mass is 32.1. The Balaban J connectivity index is 1.70. The van der Waals surface area contributed by atoms with Crippen molar-refractivity contribution in [3.63, 3.8) is 0 Å². The van der Waals surface area contributed by atoms with Gasteiger partial charge in [0.1, 0.15) is 5.75 Å². The first kappa shape index (κ1) is 33.0. The molecule has 1 aromatic heterocycles. The van der Waals surface area contributed by atoms with Crippen LogP contribution in [0.15, 0.2) is 29.4 Å². The number of amides is 2. The molecule has 2 amide bonds. The van der Waals surface area contributed by atoms with E-state index in [1.165, 1.54) is 16.2 Å². The zero-order valence-corrected chi connectivity index (χ0v) is 26.5. The number of hydrogen-bond acceptors (Lipinski definition) is 5. The van der Waals surface area contributed by atoms with Crippen LogP contribution in [-0.4, -0.2) is 58.5 Å². The summed E-state index contributed by atoms with van der Waals surface area (Å²) in [6, 6.07) is 2.47. The maximum absolute atomic E-state index is 13.7. The third-order valence-corrected chi connectivity index (χ3v) is 9.41. The molecule has 2 fully saturated rings. The first-order valence-electron chi connectivity index (χ1n) is 14.7. The molecule has 1 aromatic carbocycles. The molecular weight excluding hydrogens is 583 g/mol. The average Bonchev–Trinajstić information content (AvgIpc) is 3.56. The second-order valence-corrected chi connectivity index (χ2v) is 14.6. The molecule has 3 atom stereocenters. The maximum atomic E-state index is 13.7. The number of carboxylic acid groups (broad SMARTS) is 1. The van der Waals surface area contributed by atoms with Crippen LogP contribution >= 0.6 is 11.3 Å². The highest BCUT2D eigenvalue weighted by molar-refractivity contribution is 7.09. The van der Waals surface area contributed by atoms with Crippen molar-refractivity contribution in [2.75, 3.05) is 19.8 Å². The summed E-state index contributed by atoms with van der Waals surface area (Å²) in [5.41, 5.74) is -1.89. The van der Waals surface area contributed by atoms with Gasteiger partial charge in [-0.1, -0.05) is 41.5 Å². The van der Waals surface area contributed by atoms with Crippen molar-refractivity contribution in [2.45, 2.75) is 97.5 Å². The molecule has 1 unspecified atom stereocenters. The zero-order chi connectivity index (χ0) is 31.7. The summed E-state index contributed by atoms with van der Waals surface area (Å²) in [6.07, 6.45) is -0.628. The highest BCUT2D eigenvalue weighted by Crippen LogP contribution is 2.38. The summed E-state index contributed by atoms with van der Waals surface area (Å²) in [6.45, 7) is 13.6. The highest BCUT2D eigenvalue weighted by Gasteiger charge is 2.42. The molecule has 3 heterocycles. The monoisotopic (exact) mass is 625 g/mol. The minimum absolute atomic E-state index is 0.0138. The molecule has 4 rings (SSSR count). The number of aromatic nitrogens is 1. The number of hydrogen-bond donors (Lipinski definition) is 1. The smallest absolute Gasteiger partial charge is 0.416 e. The van der Waals surface area contributed by atoms with Gasteiger partial charge in [0.05, 0.1) is 30.4 Å². The fourth-order valence-electron chi connectivity index (χ4n) is 5.93. The fraction of sp³-hybridized carbons (Fsp3) is 0.645. The largest absolute Gasteiger partial charge is 0.492 e. The van der Waals surface area contributed by atoms with Gasteiger partial charge in [-0.15, -0.1) is 11.3 Å². The van der Waals surface area contributed by atoms with Gasteiger partial charge in [0, 0.05) is 36.2 Å². The SMILES string of the molecule is CC(C)(C)c1cn(C[C@H]2CCCO2)c(=NC(=O)c2cc(C(F)(F)F)ccc2OC[C@H]2CCCN(C(=O)O)C2C(C)(C)C)s1. The van der Waals surface area contributed by atoms with Crippen LogP contribution in [0.5, 0.6) is 5.75 Å². The minimum atomic E-state index is -4.67. The number of carbonyl (C=O) groups is 2. The van der Waals surface area contributed by atoms with Crippen molar-refractivity contribution >= 4 is 23.3 Å². The summed E-state index contributed by atoms with van der Waals surface area (Å²) in [5.74, 6) is -1.07. The molecule has 1 N–H and O–H groups in total. The lowest BCUT2D eigenvalue weighted by molar-refractivity contribution is -0.137. The van der Waals surface area contributed by atoms with Gasteiger partial charge < -0.3 is 24.0 Å². The van der Waals surface area contributed by atoms with Crippen LogP contribution in [0.2, 0.25) is 0 Å². The van der Waals surface area contributed by atoms with Crippen LogP contribution in [0.3, 0.4) is 0 Å². The van der Waals surface area contributed by atoms with E-state index in [9.17, 15) is 27.9 Å². The number of rotatable bonds is 6. The molecular formula is C31H42F3N3O5S. The van der Waals surface area contributed by atoms with E-state index in [-0.39, 0.29) is 41.4 Å². The molecule has 0 radical (unpaired) electrons. The van der Waals surface area contributed by atoms with E-state index in [1.807, 2.05) is 52.3 Å². The van der Waals surface area contributed by atoms with Gasteiger partial charge in [-0.3, -0.25) is 4.79 Å². The fourth-order valence-corrected chi connectivity index (χ4v) is 6.99. The minimum Gasteiger partial charge on any atom is -0.492 e. The van der Waals surface area contributed by atoms with Crippen LogP contribution in [0, 0.1) is 11.3 Å². The van der Waals surface area contributed by atoms with Gasteiger partial charge in [0.25, 0.3) is 5.91 Å². The van der Waals surface area contributed by atoms with Crippen molar-refractivity contribution < 1.29 is 37.3 Å². The van der Waals surface area contributed by atoms with Gasteiger partial charge in [-0.2, -0.15) is 18.2 Å². The van der Waals surface area contributed by atoms with Gasteiger partial charge in [0.2, 0.25) is 0 Å². The second kappa shape index (κ2) is 12.6. The number of piperidine rings is 1. The molecule has 2 aliphatic heterocycles. The lowest BCUT2D eigenvalue weighted by atomic mass is 9.74. The van der Waals surface area contributed by atoms with Crippen molar-refractivity contribution in [2.24, 2.45) is 16.3 Å². The van der Waals surface area contributed by atoms with Crippen molar-refractivity contribution in [3.8, 4) is 5.75 Å². The van der Waals surface area contributed by atoms with Gasteiger partial charge in [-0.05, 0) is 54.7 Å². The van der Waals surface area contributed by atoms with Crippen LogP contribution in [0.25, 0.3) is 0 Å². The number of alkyl halides is 3. The molecule has 2 aromatic rings. The molecule has 0 aliphatic carbocycles. The second-order valence-electron chi connectivity index (χ2n) is 13.5. The zero-order valence-electron chi connectivity index (χ0n) is 25.7. The molecule has 43 heavy (non-hydrogen) atoms. The van der Waals surface area contributed by atoms with Crippen molar-refractivity contribution in [1.29, 1.82) is 0 Å². The predicted octanol–water partition coefficient (Wildman–Crippen LogP) is 6.97. The Morgan fingerprint density at radius 1 is 1.12 bits per heavy atom. The first-order valence-corrected chi connectivity index (χ1v) is 15.5. The molecule has 2 aliphatic rings. The van der Waals surface area contributed by atoms with E-state index in [1.54, 1.807) is 0 Å². The standard InChI is InChI=1S/C31H42F3N3O5S/c1-29(2,3)24-17-36(16-21-10-8-14-41-21)27(43-24)35-26(38)22-15-20(31(32,33)34)11-12-23(22)42-18-19-9-7-13-37(28(39)40)25(19)30(4,5)6/h11-12,15,17,19,21,25H,7-10,13-14,16,18H2,1-6H3,(H,39,40)/t19-,21-,25?/m1/s1. The van der Waals surface area contributed by atoms with Gasteiger partial charge in [-0.25, -0.2) is 4.79 Å². The molecule has 0 spiro atoms. The number of likely N-dealkylation sites (tertiary alicyclic amines) is 1. The number of halogens is 3. The molecule has 0 bridgehead atoms. The summed E-state index contributed by atoms with van der Waals surface area (Å²) < 4.78 is 54.9. The Kier molecular flexibility index (Phi) is 9.71. The van der Waals surface area contributed by atoms with Gasteiger partial charge >= 0.3 is 12.3 Å². The lowest BCUT2D eigenvalue weighted by Crippen LogP contribution is -2.55. The summed E-state index contributed by atoms with van der Waals surface area (Å²) in [4.78, 5) is 32.7. The van der Waals surface area contributed by atoms with Crippen LogP contribution in [0.4, 0.5) is 18.0 Å². The first-order chi connectivity index (χ1) is 19.9. The summed E-state index contributed by atoms with van der Waals surface area (Å²) in [7, 11) is 0. The lowest BCUT2D eigenvalue weighted by Gasteiger charge is -2.46. The number of ether oxygens (including phenoxy) is 2. The number of benzene rings is 1. The van der Waals surface area contributed by atoms with Crippen molar-refractivity contribution in [1.82, 2.24) is 9.47 Å². The van der Waals surface area contributed by atoms with E-state index < -0.39 is 29.2 Å². The number of nitrogens with zero attached hydrogens (tertiary/aromatic N) is 3. The van der Waals surface area contributed by atoms with E-state index >= 15 is 0 Å². The van der Waals surface area contributed by atoms with Crippen LogP contribution in [-0.2, 0) is 22.9 Å². The normalized spacial score (nSPS) is 22.2. The van der Waals surface area contributed by atoms with Gasteiger partial charge in [0.15, 0.2) is 4.80 Å². The Labute approximate surface area is 254 Å². The third kappa shape index (κ3) is 8.00. The molecule has 12 heteroatoms. The number of carbonyl (C=O) groups excluding carboxylic acids is 1. The Hall–Kier alpha value is -2.86. The van der Waals surface area contributed by atoms with E-state index in [4.69, 9.17) is 9.47 Å².